The van der Waals surface area contributed by atoms with Gasteiger partial charge in [-0.3, -0.25) is 0 Å². The van der Waals surface area contributed by atoms with E-state index in [4.69, 9.17) is 57.1 Å². The Balaban J connectivity index is -0.0000000691. The fraction of sp³-hybridized carbons (Fsp3) is 0.933. The second-order valence-corrected chi connectivity index (χ2v) is 9.48. The van der Waals surface area contributed by atoms with E-state index in [0.717, 1.165) is 105 Å². The number of nitrogens with one attached hydrogen (secondary N) is 1. The minimum Gasteiger partial charge on any atom is -0.813 e. The lowest BCUT2D eigenvalue weighted by molar-refractivity contribution is -0.880. The standard InChI is InChI=1S/4C7H17NO2.2CO2.2H2S/c4*1-8(4-6-9-2)5-7-10-3;2*2-1-3;;/h4*4-7H2,1-3H3;;;2*1H2. The maximum absolute atomic E-state index is 8.12. The summed E-state index contributed by atoms with van der Waals surface area (Å²) in [7, 11) is 22.0. The molecule has 0 amide bonds. The van der Waals surface area contributed by atoms with Crippen LogP contribution >= 0.6 is 13.5 Å². The summed E-state index contributed by atoms with van der Waals surface area (Å²) in [5.41, 5.74) is 0. The van der Waals surface area contributed by atoms with E-state index >= 15 is 0 Å². The smallest absolute Gasteiger partial charge is 0.373 e. The fourth-order valence-corrected chi connectivity index (χ4v) is 2.50. The number of rotatable bonds is 24. The molecule has 0 saturated carbocycles. The normalized spacial score (nSPS) is 9.33. The Bertz CT molecular complexity index is 468. The Morgan fingerprint density at radius 2 is 0.562 bits per heavy atom. The van der Waals surface area contributed by atoms with Crippen molar-refractivity contribution in [1.29, 1.82) is 0 Å². The molecule has 0 bridgehead atoms. The first-order valence-electron chi connectivity index (χ1n) is 14.8. The molecule has 0 fully saturated rings. The Morgan fingerprint density at radius 1 is 0.417 bits per heavy atom. The molecule has 0 aliphatic rings. The van der Waals surface area contributed by atoms with Gasteiger partial charge in [0, 0.05) is 96.1 Å². The van der Waals surface area contributed by atoms with E-state index in [1.807, 2.05) is 0 Å². The summed E-state index contributed by atoms with van der Waals surface area (Å²) in [4.78, 5) is 40.5. The molecular weight excluding hydrogens is 672 g/mol. The van der Waals surface area contributed by atoms with Gasteiger partial charge in [0.05, 0.1) is 59.9 Å². The highest BCUT2D eigenvalue weighted by Gasteiger charge is 1.99. The Morgan fingerprint density at radius 3 is 0.688 bits per heavy atom. The number of quaternary nitrogens is 1. The molecule has 0 spiro atoms. The number of carbonyl (C=O) groups excluding carboxylic acids is 4. The Hall–Kier alpha value is -1.02. The second kappa shape index (κ2) is 68.0. The number of thiol groups is 1. The maximum Gasteiger partial charge on any atom is 0.373 e. The van der Waals surface area contributed by atoms with Gasteiger partial charge in [-0.2, -0.15) is 32.7 Å². The summed E-state index contributed by atoms with van der Waals surface area (Å²) >= 11 is 0. The molecule has 48 heavy (non-hydrogen) atoms. The third kappa shape index (κ3) is 90.6. The topological polar surface area (TPSA) is 156 Å². The lowest BCUT2D eigenvalue weighted by Crippen LogP contribution is -3.10. The minimum atomic E-state index is 0. The quantitative estimate of drug-likeness (QED) is 0.0864. The lowest BCUT2D eigenvalue weighted by atomic mass is 10.5. The van der Waals surface area contributed by atoms with Crippen LogP contribution in [0.2, 0.25) is 0 Å². The minimum absolute atomic E-state index is 0. The second-order valence-electron chi connectivity index (χ2n) is 9.48. The van der Waals surface area contributed by atoms with Crippen molar-refractivity contribution in [3.63, 3.8) is 0 Å². The largest absolute Gasteiger partial charge is 0.813 e. The van der Waals surface area contributed by atoms with Gasteiger partial charge in [0.25, 0.3) is 0 Å². The molecule has 0 aliphatic heterocycles. The van der Waals surface area contributed by atoms with Crippen LogP contribution in [0.25, 0.3) is 0 Å². The van der Waals surface area contributed by atoms with Crippen LogP contribution in [0.1, 0.15) is 0 Å². The average molecular weight is 745 g/mol. The third-order valence-electron chi connectivity index (χ3n) is 5.53. The molecule has 18 heteroatoms. The number of methoxy groups -OCH3 is 8. The molecule has 0 radical (unpaired) electrons. The van der Waals surface area contributed by atoms with E-state index in [2.05, 4.69) is 42.9 Å². The summed E-state index contributed by atoms with van der Waals surface area (Å²) < 4.78 is 39.3. The highest BCUT2D eigenvalue weighted by atomic mass is 32.1. The van der Waals surface area contributed by atoms with Gasteiger partial charge in [-0.1, -0.05) is 0 Å². The molecule has 0 atom stereocenters. The van der Waals surface area contributed by atoms with Gasteiger partial charge in [0.15, 0.2) is 0 Å². The molecule has 0 heterocycles. The van der Waals surface area contributed by atoms with Crippen molar-refractivity contribution in [2.45, 2.75) is 0 Å². The first-order chi connectivity index (χ1) is 22.1. The Kier molecular flexibility index (Phi) is 92.6. The molecule has 0 rings (SSSR count). The predicted molar refractivity (Wildman–Crippen MR) is 193 cm³/mol. The van der Waals surface area contributed by atoms with Gasteiger partial charge >= 0.3 is 12.3 Å². The lowest BCUT2D eigenvalue weighted by Gasteiger charge is -2.14. The molecule has 16 nitrogen and oxygen atoms in total. The van der Waals surface area contributed by atoms with Crippen LogP contribution in [0.5, 0.6) is 0 Å². The number of likely N-dealkylation sites (N-methyl/N-ethyl adjacent to an activating group) is 4. The van der Waals surface area contributed by atoms with E-state index in [9.17, 15) is 0 Å². The van der Waals surface area contributed by atoms with E-state index in [1.54, 1.807) is 56.9 Å². The summed E-state index contributed by atoms with van der Waals surface area (Å²) in [6.07, 6.45) is 0.500. The van der Waals surface area contributed by atoms with Crippen LogP contribution in [0.15, 0.2) is 0 Å². The van der Waals surface area contributed by atoms with Crippen LogP contribution in [0, 0.1) is 0 Å². The van der Waals surface area contributed by atoms with Crippen molar-refractivity contribution < 1.29 is 62.0 Å². The summed E-state index contributed by atoms with van der Waals surface area (Å²) in [5, 5.41) is 0. The summed E-state index contributed by atoms with van der Waals surface area (Å²) in [5.74, 6) is 0. The number of hydrogen-bond acceptors (Lipinski definition) is 16. The SMILES string of the molecule is COCCN(C)CCOC.COCCN(C)CCOC.COCCN(C)CCOC.COCC[NH+](C)CCOC.O=C=O.O=C=O.S.[SH-]. The number of ether oxygens (including phenoxy) is 8. The van der Waals surface area contributed by atoms with E-state index < -0.39 is 0 Å². The first kappa shape index (κ1) is 65.4. The summed E-state index contributed by atoms with van der Waals surface area (Å²) in [6.45, 7) is 14.4. The van der Waals surface area contributed by atoms with Crippen LogP contribution in [-0.4, -0.2) is 217 Å². The van der Waals surface area contributed by atoms with Gasteiger partial charge in [0.2, 0.25) is 0 Å². The van der Waals surface area contributed by atoms with Crippen LogP contribution in [0.3, 0.4) is 0 Å². The number of hydrogen-bond donors (Lipinski definition) is 1. The molecule has 0 aromatic heterocycles. The zero-order valence-electron chi connectivity index (χ0n) is 32.0. The van der Waals surface area contributed by atoms with Gasteiger partial charge < -0.3 is 71.0 Å². The van der Waals surface area contributed by atoms with Crippen molar-refractivity contribution in [1.82, 2.24) is 14.7 Å². The number of nitrogens with zero attached hydrogens (tertiary/aromatic N) is 3. The van der Waals surface area contributed by atoms with Crippen molar-refractivity contribution in [2.24, 2.45) is 0 Å². The van der Waals surface area contributed by atoms with Gasteiger partial charge in [-0.05, 0) is 21.1 Å². The van der Waals surface area contributed by atoms with E-state index in [1.165, 1.54) is 4.90 Å². The first-order valence-corrected chi connectivity index (χ1v) is 14.8. The highest BCUT2D eigenvalue weighted by molar-refractivity contribution is 7.59. The monoisotopic (exact) mass is 744 g/mol. The van der Waals surface area contributed by atoms with Gasteiger partial charge in [-0.15, -0.1) is 0 Å². The molecule has 0 aromatic carbocycles. The molecule has 296 valence electrons. The predicted octanol–water partition coefficient (Wildman–Crippen LogP) is -1.90. The van der Waals surface area contributed by atoms with Crippen LogP contribution < -0.4 is 4.90 Å². The zero-order chi connectivity index (χ0) is 36.7. The molecule has 1 N–H and O–H groups in total. The van der Waals surface area contributed by atoms with Crippen molar-refractivity contribution in [2.75, 3.05) is 190 Å². The summed E-state index contributed by atoms with van der Waals surface area (Å²) in [6, 6.07) is 0. The molecule has 0 unspecified atom stereocenters. The highest BCUT2D eigenvalue weighted by Crippen LogP contribution is 1.83. The maximum atomic E-state index is 8.12. The van der Waals surface area contributed by atoms with Crippen molar-refractivity contribution in [3.05, 3.63) is 0 Å². The average Bonchev–Trinajstić information content (AvgIpc) is 3.05. The van der Waals surface area contributed by atoms with Crippen molar-refractivity contribution >= 4 is 39.3 Å². The molecular formula is C30H72N4O12S2. The third-order valence-corrected chi connectivity index (χ3v) is 5.53. The van der Waals surface area contributed by atoms with Crippen LogP contribution in [-0.2, 0) is 70.6 Å². The van der Waals surface area contributed by atoms with Crippen LogP contribution in [0.4, 0.5) is 0 Å². The van der Waals surface area contributed by atoms with E-state index in [-0.39, 0.29) is 39.3 Å². The molecule has 0 aromatic rings. The van der Waals surface area contributed by atoms with Gasteiger partial charge in [0.1, 0.15) is 13.1 Å². The molecule has 0 saturated heterocycles. The zero-order valence-corrected chi connectivity index (χ0v) is 33.9. The van der Waals surface area contributed by atoms with Gasteiger partial charge in [-0.25, -0.2) is 0 Å². The van der Waals surface area contributed by atoms with E-state index in [0.29, 0.717) is 0 Å². The Labute approximate surface area is 305 Å². The molecule has 0 aliphatic carbocycles. The fourth-order valence-electron chi connectivity index (χ4n) is 2.50. The van der Waals surface area contributed by atoms with Crippen molar-refractivity contribution in [3.8, 4) is 0 Å².